The van der Waals surface area contributed by atoms with E-state index in [-0.39, 0.29) is 5.91 Å². The first-order chi connectivity index (χ1) is 8.65. The highest BCUT2D eigenvalue weighted by atomic mass is 16.2. The van der Waals surface area contributed by atoms with Crippen LogP contribution in [0, 0.1) is 18.3 Å². The van der Waals surface area contributed by atoms with E-state index in [1.54, 1.807) is 16.6 Å². The molecule has 1 saturated carbocycles. The molecule has 1 aromatic heterocycles. The fraction of sp³-hybridized carbons (Fsp3) is 0.571. The van der Waals surface area contributed by atoms with Crippen LogP contribution in [-0.4, -0.2) is 33.7 Å². The molecular weight excluding hydrogens is 226 g/mol. The van der Waals surface area contributed by atoms with Gasteiger partial charge in [0.2, 0.25) is 0 Å². The van der Waals surface area contributed by atoms with Crippen LogP contribution in [-0.2, 0) is 13.5 Å². The van der Waals surface area contributed by atoms with Crippen LogP contribution in [0.15, 0.2) is 6.07 Å². The Hall–Kier alpha value is -1.76. The van der Waals surface area contributed by atoms with Gasteiger partial charge in [0.25, 0.3) is 5.91 Å². The number of hydrogen-bond donors (Lipinski definition) is 0. The van der Waals surface area contributed by atoms with Crippen molar-refractivity contribution in [3.63, 3.8) is 0 Å². The van der Waals surface area contributed by atoms with E-state index in [2.05, 4.69) is 11.0 Å². The van der Waals surface area contributed by atoms with Crippen molar-refractivity contribution in [1.82, 2.24) is 14.7 Å². The van der Waals surface area contributed by atoms with E-state index in [0.717, 1.165) is 18.7 Å². The van der Waals surface area contributed by atoms with Gasteiger partial charge in [-0.05, 0) is 31.2 Å². The Morgan fingerprint density at radius 2 is 2.39 bits per heavy atom. The summed E-state index contributed by atoms with van der Waals surface area (Å²) in [5.74, 6) is 3.20. The summed E-state index contributed by atoms with van der Waals surface area (Å²) in [6, 6.07) is 1.86. The van der Waals surface area contributed by atoms with Crippen molar-refractivity contribution >= 4 is 5.91 Å². The lowest BCUT2D eigenvalue weighted by molar-refractivity contribution is 0.0759. The van der Waals surface area contributed by atoms with Gasteiger partial charge in [-0.25, -0.2) is 0 Å². The van der Waals surface area contributed by atoms with Gasteiger partial charge in [-0.2, -0.15) is 5.10 Å². The van der Waals surface area contributed by atoms with E-state index in [4.69, 9.17) is 6.42 Å². The van der Waals surface area contributed by atoms with Gasteiger partial charge in [-0.1, -0.05) is 12.8 Å². The van der Waals surface area contributed by atoms with Gasteiger partial charge in [-0.3, -0.25) is 9.48 Å². The molecule has 1 heterocycles. The first-order valence-electron chi connectivity index (χ1n) is 6.41. The number of aryl methyl sites for hydroxylation is 2. The van der Waals surface area contributed by atoms with E-state index in [1.807, 2.05) is 13.0 Å². The van der Waals surface area contributed by atoms with Crippen molar-refractivity contribution in [2.45, 2.75) is 26.2 Å². The quantitative estimate of drug-likeness (QED) is 0.737. The lowest BCUT2D eigenvalue weighted by atomic mass is 10.2. The Labute approximate surface area is 108 Å². The molecule has 0 aromatic carbocycles. The normalized spacial score (nSPS) is 14.3. The highest BCUT2D eigenvalue weighted by Gasteiger charge is 2.28. The molecule has 0 unspecified atom stereocenters. The average Bonchev–Trinajstić information content (AvgIpc) is 3.09. The summed E-state index contributed by atoms with van der Waals surface area (Å²) in [5.41, 5.74) is 1.57. The van der Waals surface area contributed by atoms with Crippen LogP contribution in [0.4, 0.5) is 0 Å². The number of aromatic nitrogens is 2. The Balaban J connectivity index is 2.15. The highest BCUT2D eigenvalue weighted by molar-refractivity contribution is 5.92. The Morgan fingerprint density at radius 1 is 1.67 bits per heavy atom. The molecular formula is C14H19N3O. The summed E-state index contributed by atoms with van der Waals surface area (Å²) in [6.07, 6.45) is 8.59. The monoisotopic (exact) mass is 245 g/mol. The third-order valence-corrected chi connectivity index (χ3v) is 3.26. The fourth-order valence-electron chi connectivity index (χ4n) is 2.00. The number of hydrogen-bond acceptors (Lipinski definition) is 2. The molecule has 0 saturated heterocycles. The zero-order chi connectivity index (χ0) is 13.1. The number of carbonyl (C=O) groups excluding carboxylic acids is 1. The van der Waals surface area contributed by atoms with Crippen molar-refractivity contribution in [2.24, 2.45) is 13.0 Å². The molecule has 96 valence electrons. The van der Waals surface area contributed by atoms with Crippen LogP contribution in [0.1, 0.15) is 35.9 Å². The molecule has 4 nitrogen and oxygen atoms in total. The molecule has 4 heteroatoms. The highest BCUT2D eigenvalue weighted by Crippen LogP contribution is 2.30. The molecule has 0 atom stereocenters. The molecule has 0 radical (unpaired) electrons. The van der Waals surface area contributed by atoms with Crippen molar-refractivity contribution in [3.8, 4) is 12.3 Å². The molecule has 0 N–H and O–H groups in total. The Bertz CT molecular complexity index is 480. The van der Waals surface area contributed by atoms with E-state index in [1.165, 1.54) is 12.8 Å². The zero-order valence-corrected chi connectivity index (χ0v) is 11.0. The molecule has 1 aliphatic rings. The average molecular weight is 245 g/mol. The summed E-state index contributed by atoms with van der Waals surface area (Å²) in [4.78, 5) is 14.2. The summed E-state index contributed by atoms with van der Waals surface area (Å²) < 4.78 is 1.65. The Kier molecular flexibility index (Phi) is 3.71. The summed E-state index contributed by atoms with van der Waals surface area (Å²) in [5, 5.41) is 4.31. The molecule has 0 aliphatic heterocycles. The van der Waals surface area contributed by atoms with Gasteiger partial charge in [-0.15, -0.1) is 6.42 Å². The first kappa shape index (κ1) is 12.7. The Morgan fingerprint density at radius 3 is 2.89 bits per heavy atom. The number of carbonyl (C=O) groups is 1. The lowest BCUT2D eigenvalue weighted by Crippen LogP contribution is -2.34. The van der Waals surface area contributed by atoms with Gasteiger partial charge in [0, 0.05) is 13.6 Å². The second-order valence-electron chi connectivity index (χ2n) is 4.83. The number of amides is 1. The second-order valence-corrected chi connectivity index (χ2v) is 4.83. The molecule has 1 fully saturated rings. The van der Waals surface area contributed by atoms with Gasteiger partial charge in [0.05, 0.1) is 12.2 Å². The smallest absolute Gasteiger partial charge is 0.272 e. The van der Waals surface area contributed by atoms with E-state index < -0.39 is 0 Å². The van der Waals surface area contributed by atoms with Crippen LogP contribution < -0.4 is 0 Å². The maximum atomic E-state index is 12.4. The number of terminal acetylenes is 1. The predicted molar refractivity (Wildman–Crippen MR) is 70.0 cm³/mol. The minimum atomic E-state index is -0.00505. The van der Waals surface area contributed by atoms with Crippen molar-refractivity contribution in [2.75, 3.05) is 13.1 Å². The van der Waals surface area contributed by atoms with Gasteiger partial charge >= 0.3 is 0 Å². The van der Waals surface area contributed by atoms with Gasteiger partial charge < -0.3 is 4.90 Å². The standard InChI is InChI=1S/C14H19N3O/c1-4-8-17(10-11-6-7-11)14(18)13-9-12(5-2)15-16(13)3/h1,9,11H,5-8,10H2,2-3H3. The largest absolute Gasteiger partial charge is 0.326 e. The van der Waals surface area contributed by atoms with Gasteiger partial charge in [0.15, 0.2) is 0 Å². The van der Waals surface area contributed by atoms with Crippen LogP contribution in [0.5, 0.6) is 0 Å². The predicted octanol–water partition coefficient (Wildman–Crippen LogP) is 1.47. The maximum absolute atomic E-state index is 12.4. The molecule has 1 aromatic rings. The van der Waals surface area contributed by atoms with Crippen molar-refractivity contribution in [1.29, 1.82) is 0 Å². The van der Waals surface area contributed by atoms with Crippen LogP contribution in [0.3, 0.4) is 0 Å². The third kappa shape index (κ3) is 2.73. The van der Waals surface area contributed by atoms with Gasteiger partial charge in [0.1, 0.15) is 5.69 Å². The lowest BCUT2D eigenvalue weighted by Gasteiger charge is -2.19. The topological polar surface area (TPSA) is 38.1 Å². The van der Waals surface area contributed by atoms with Crippen molar-refractivity contribution in [3.05, 3.63) is 17.5 Å². The second kappa shape index (κ2) is 5.26. The summed E-state index contributed by atoms with van der Waals surface area (Å²) in [6.45, 7) is 3.18. The maximum Gasteiger partial charge on any atom is 0.272 e. The molecule has 0 bridgehead atoms. The molecule has 18 heavy (non-hydrogen) atoms. The number of nitrogens with zero attached hydrogens (tertiary/aromatic N) is 3. The minimum Gasteiger partial charge on any atom is -0.326 e. The molecule has 1 aliphatic carbocycles. The molecule has 1 amide bonds. The zero-order valence-electron chi connectivity index (χ0n) is 11.0. The summed E-state index contributed by atoms with van der Waals surface area (Å²) >= 11 is 0. The van der Waals surface area contributed by atoms with Crippen LogP contribution in [0.2, 0.25) is 0 Å². The first-order valence-corrected chi connectivity index (χ1v) is 6.41. The molecule has 2 rings (SSSR count). The van der Waals surface area contributed by atoms with Crippen molar-refractivity contribution < 1.29 is 4.79 Å². The fourth-order valence-corrected chi connectivity index (χ4v) is 2.00. The molecule has 0 spiro atoms. The van der Waals surface area contributed by atoms with E-state index >= 15 is 0 Å². The van der Waals surface area contributed by atoms with Crippen LogP contribution in [0.25, 0.3) is 0 Å². The third-order valence-electron chi connectivity index (χ3n) is 3.26. The number of rotatable bonds is 5. The van der Waals surface area contributed by atoms with E-state index in [0.29, 0.717) is 18.2 Å². The summed E-state index contributed by atoms with van der Waals surface area (Å²) in [7, 11) is 1.80. The van der Waals surface area contributed by atoms with E-state index in [9.17, 15) is 4.79 Å². The van der Waals surface area contributed by atoms with Crippen LogP contribution >= 0.6 is 0 Å². The minimum absolute atomic E-state index is 0.00505. The SMILES string of the molecule is C#CCN(CC1CC1)C(=O)c1cc(CC)nn1C.